The minimum Gasteiger partial charge on any atom is -0.506 e. The maximum Gasteiger partial charge on any atom is 0.147 e. The van der Waals surface area contributed by atoms with E-state index in [0.29, 0.717) is 11.1 Å². The van der Waals surface area contributed by atoms with Gasteiger partial charge in [-0.05, 0) is 12.1 Å². The first-order valence-electron chi connectivity index (χ1n) is 6.83. The van der Waals surface area contributed by atoms with Gasteiger partial charge in [0.25, 0.3) is 0 Å². The summed E-state index contributed by atoms with van der Waals surface area (Å²) < 4.78 is 0. The lowest BCUT2D eigenvalue weighted by atomic mass is 9.85. The zero-order valence-electron chi connectivity index (χ0n) is 12.2. The van der Waals surface area contributed by atoms with Crippen molar-refractivity contribution in [1.29, 1.82) is 0 Å². The Morgan fingerprint density at radius 1 is 0.864 bits per heavy atom. The molecule has 2 N–H and O–H groups in total. The number of benzene rings is 2. The molecule has 0 fully saturated rings. The first-order valence-corrected chi connectivity index (χ1v) is 7.58. The molecule has 2 aromatic carbocycles. The van der Waals surface area contributed by atoms with E-state index in [1.54, 1.807) is 50.2 Å². The molecule has 0 spiro atoms. The molecule has 0 bridgehead atoms. The molecule has 0 aliphatic carbocycles. The zero-order valence-corrected chi connectivity index (χ0v) is 13.7. The normalized spacial score (nSPS) is 13.6. The largest absolute Gasteiger partial charge is 0.506 e. The van der Waals surface area contributed by atoms with Crippen LogP contribution in [0.4, 0.5) is 0 Å². The smallest absolute Gasteiger partial charge is 0.147 e. The number of Topliss-reactive ketones (excluding diaryl/α,β-unsaturated/α-hetero) is 1. The van der Waals surface area contributed by atoms with E-state index < -0.39 is 11.8 Å². The highest BCUT2D eigenvalue weighted by Crippen LogP contribution is 2.38. The summed E-state index contributed by atoms with van der Waals surface area (Å²) in [7, 11) is 0. The molecule has 0 aromatic heterocycles. The maximum absolute atomic E-state index is 12.7. The molecule has 2 aromatic rings. The van der Waals surface area contributed by atoms with Crippen molar-refractivity contribution in [3.05, 3.63) is 57.6 Å². The van der Waals surface area contributed by atoms with Crippen LogP contribution in [0.25, 0.3) is 0 Å². The Morgan fingerprint density at radius 3 is 1.59 bits per heavy atom. The quantitative estimate of drug-likeness (QED) is 0.835. The van der Waals surface area contributed by atoms with Gasteiger partial charge in [-0.3, -0.25) is 4.79 Å². The maximum atomic E-state index is 12.7. The second-order valence-corrected chi connectivity index (χ2v) is 6.02. The van der Waals surface area contributed by atoms with Gasteiger partial charge in [0.2, 0.25) is 0 Å². The van der Waals surface area contributed by atoms with Crippen LogP contribution in [0.1, 0.15) is 36.8 Å². The predicted octanol–water partition coefficient (Wildman–Crippen LogP) is 4.88. The summed E-state index contributed by atoms with van der Waals surface area (Å²) in [4.78, 5) is 12.7. The van der Waals surface area contributed by atoms with Gasteiger partial charge in [0, 0.05) is 23.0 Å². The first kappa shape index (κ1) is 16.7. The SMILES string of the molecule is CC(C(=O)C(C)c1cccc(Cl)c1O)c1cccc(Cl)c1O. The second kappa shape index (κ2) is 6.59. The fourth-order valence-corrected chi connectivity index (χ4v) is 2.81. The van der Waals surface area contributed by atoms with Crippen LogP contribution in [0.3, 0.4) is 0 Å². The summed E-state index contributed by atoms with van der Waals surface area (Å²) in [6.07, 6.45) is 0. The summed E-state index contributed by atoms with van der Waals surface area (Å²) in [5, 5.41) is 20.4. The van der Waals surface area contributed by atoms with Gasteiger partial charge >= 0.3 is 0 Å². The second-order valence-electron chi connectivity index (χ2n) is 5.20. The van der Waals surface area contributed by atoms with E-state index >= 15 is 0 Å². The lowest BCUT2D eigenvalue weighted by Crippen LogP contribution is -2.17. The number of aromatic hydroxyl groups is 2. The number of hydrogen-bond donors (Lipinski definition) is 2. The highest BCUT2D eigenvalue weighted by molar-refractivity contribution is 6.32. The number of carbonyl (C=O) groups excluding carboxylic acids is 1. The lowest BCUT2D eigenvalue weighted by molar-refractivity contribution is -0.121. The summed E-state index contributed by atoms with van der Waals surface area (Å²) >= 11 is 11.8. The molecule has 3 nitrogen and oxygen atoms in total. The molecule has 0 radical (unpaired) electrons. The van der Waals surface area contributed by atoms with Crippen LogP contribution in [0.2, 0.25) is 10.0 Å². The van der Waals surface area contributed by atoms with E-state index in [-0.39, 0.29) is 27.3 Å². The fraction of sp³-hybridized carbons (Fsp3) is 0.235. The highest BCUT2D eigenvalue weighted by atomic mass is 35.5. The Bertz CT molecular complexity index is 654. The van der Waals surface area contributed by atoms with Gasteiger partial charge in [-0.2, -0.15) is 0 Å². The van der Waals surface area contributed by atoms with Crippen LogP contribution < -0.4 is 0 Å². The van der Waals surface area contributed by atoms with Gasteiger partial charge in [-0.25, -0.2) is 0 Å². The van der Waals surface area contributed by atoms with Gasteiger partial charge in [-0.1, -0.05) is 61.3 Å². The molecule has 0 aliphatic rings. The number of halogens is 2. The molecule has 22 heavy (non-hydrogen) atoms. The highest BCUT2D eigenvalue weighted by Gasteiger charge is 2.27. The van der Waals surface area contributed by atoms with Crippen LogP contribution in [0, 0.1) is 0 Å². The van der Waals surface area contributed by atoms with Crippen LogP contribution in [0.5, 0.6) is 11.5 Å². The Hall–Kier alpha value is -1.71. The average molecular weight is 339 g/mol. The van der Waals surface area contributed by atoms with Crippen LogP contribution in [-0.2, 0) is 4.79 Å². The number of carbonyl (C=O) groups is 1. The van der Waals surface area contributed by atoms with E-state index in [0.717, 1.165) is 0 Å². The van der Waals surface area contributed by atoms with E-state index in [9.17, 15) is 15.0 Å². The summed E-state index contributed by atoms with van der Waals surface area (Å²) in [5.41, 5.74) is 0.928. The minimum atomic E-state index is -0.563. The van der Waals surface area contributed by atoms with E-state index in [1.807, 2.05) is 0 Å². The Balaban J connectivity index is 2.34. The third kappa shape index (κ3) is 3.06. The van der Waals surface area contributed by atoms with Crippen molar-refractivity contribution in [2.75, 3.05) is 0 Å². The third-order valence-electron chi connectivity index (χ3n) is 3.82. The van der Waals surface area contributed by atoms with Crippen molar-refractivity contribution in [2.45, 2.75) is 25.7 Å². The molecule has 0 saturated heterocycles. The van der Waals surface area contributed by atoms with E-state index in [2.05, 4.69) is 0 Å². The fourth-order valence-electron chi connectivity index (χ4n) is 2.44. The Kier molecular flexibility index (Phi) is 4.99. The van der Waals surface area contributed by atoms with Gasteiger partial charge in [0.1, 0.15) is 17.3 Å². The summed E-state index contributed by atoms with van der Waals surface area (Å²) in [6.45, 7) is 3.40. The van der Waals surface area contributed by atoms with Crippen molar-refractivity contribution >= 4 is 29.0 Å². The van der Waals surface area contributed by atoms with Gasteiger partial charge in [0.15, 0.2) is 0 Å². The number of rotatable bonds is 4. The molecule has 2 rings (SSSR count). The standard InChI is InChI=1S/C17H16Cl2O3/c1-9(11-5-3-7-13(18)16(11)21)15(20)10(2)12-6-4-8-14(19)17(12)22/h3-10,21-22H,1-2H3. The topological polar surface area (TPSA) is 57.5 Å². The molecule has 2 atom stereocenters. The molecular weight excluding hydrogens is 323 g/mol. The van der Waals surface area contributed by atoms with Gasteiger partial charge in [0.05, 0.1) is 10.0 Å². The van der Waals surface area contributed by atoms with Gasteiger partial charge < -0.3 is 10.2 Å². The number of ketones is 1. The molecule has 2 unspecified atom stereocenters. The van der Waals surface area contributed by atoms with Crippen molar-refractivity contribution in [3.63, 3.8) is 0 Å². The van der Waals surface area contributed by atoms with Crippen molar-refractivity contribution in [2.24, 2.45) is 0 Å². The molecule has 0 saturated carbocycles. The van der Waals surface area contributed by atoms with Crippen LogP contribution in [-0.4, -0.2) is 16.0 Å². The molecule has 116 valence electrons. The molecular formula is C17H16Cl2O3. The lowest BCUT2D eigenvalue weighted by Gasteiger charge is -2.19. The summed E-state index contributed by atoms with van der Waals surface area (Å²) in [5.74, 6) is -1.45. The van der Waals surface area contributed by atoms with E-state index in [1.165, 1.54) is 0 Å². The van der Waals surface area contributed by atoms with E-state index in [4.69, 9.17) is 23.2 Å². The molecule has 0 amide bonds. The predicted molar refractivity (Wildman–Crippen MR) is 88.1 cm³/mol. The summed E-state index contributed by atoms with van der Waals surface area (Å²) in [6, 6.07) is 9.81. The molecule has 0 aliphatic heterocycles. The number of hydrogen-bond acceptors (Lipinski definition) is 3. The van der Waals surface area contributed by atoms with Crippen LogP contribution in [0.15, 0.2) is 36.4 Å². The Morgan fingerprint density at radius 2 is 1.23 bits per heavy atom. The number of para-hydroxylation sites is 2. The minimum absolute atomic E-state index is 0.0902. The van der Waals surface area contributed by atoms with Crippen molar-refractivity contribution < 1.29 is 15.0 Å². The molecule has 0 heterocycles. The van der Waals surface area contributed by atoms with Crippen molar-refractivity contribution in [1.82, 2.24) is 0 Å². The zero-order chi connectivity index (χ0) is 16.4. The Labute approximate surface area is 139 Å². The number of phenolic OH excluding ortho intramolecular Hbond substituents is 2. The van der Waals surface area contributed by atoms with Gasteiger partial charge in [-0.15, -0.1) is 0 Å². The first-order chi connectivity index (χ1) is 10.3. The third-order valence-corrected chi connectivity index (χ3v) is 4.43. The number of phenols is 2. The monoisotopic (exact) mass is 338 g/mol. The average Bonchev–Trinajstić information content (AvgIpc) is 2.50. The van der Waals surface area contributed by atoms with Crippen molar-refractivity contribution in [3.8, 4) is 11.5 Å². The van der Waals surface area contributed by atoms with Crippen LogP contribution >= 0.6 is 23.2 Å². The molecule has 5 heteroatoms.